The highest BCUT2D eigenvalue weighted by molar-refractivity contribution is 6.31. The van der Waals surface area contributed by atoms with Gasteiger partial charge in [0.05, 0.1) is 0 Å². The molecular weight excluding hydrogens is 251 g/mol. The Kier molecular flexibility index (Phi) is 3.21. The van der Waals surface area contributed by atoms with Crippen molar-refractivity contribution in [1.29, 1.82) is 0 Å². The van der Waals surface area contributed by atoms with Gasteiger partial charge in [-0.3, -0.25) is 5.10 Å². The zero-order chi connectivity index (χ0) is 11.5. The second-order valence-corrected chi connectivity index (χ2v) is 3.63. The molecule has 0 radical (unpaired) electrons. The lowest BCUT2D eigenvalue weighted by Gasteiger charge is -2.00. The summed E-state index contributed by atoms with van der Waals surface area (Å²) >= 11 is 11.3. The first-order valence-corrected chi connectivity index (χ1v) is 5.31. The van der Waals surface area contributed by atoms with Gasteiger partial charge in [-0.2, -0.15) is 20.1 Å². The minimum absolute atomic E-state index is 0.0359. The Morgan fingerprint density at radius 1 is 1.25 bits per heavy atom. The quantitative estimate of drug-likeness (QED) is 0.883. The average Bonchev–Trinajstić information content (AvgIpc) is 2.64. The lowest BCUT2D eigenvalue weighted by Crippen LogP contribution is -1.99. The first kappa shape index (κ1) is 11.1. The molecule has 2 N–H and O–H groups in total. The summed E-state index contributed by atoms with van der Waals surface area (Å²) in [5, 5.41) is 9.81. The van der Waals surface area contributed by atoms with Crippen LogP contribution < -0.4 is 5.32 Å². The molecule has 84 valence electrons. The maximum absolute atomic E-state index is 5.63. The Balaban J connectivity index is 2.19. The van der Waals surface area contributed by atoms with Crippen molar-refractivity contribution in [2.45, 2.75) is 13.3 Å². The molecule has 2 rings (SSSR count). The van der Waals surface area contributed by atoms with E-state index in [-0.39, 0.29) is 16.5 Å². The van der Waals surface area contributed by atoms with Crippen LogP contribution in [-0.4, -0.2) is 25.1 Å². The zero-order valence-electron chi connectivity index (χ0n) is 8.33. The average molecular weight is 259 g/mol. The number of H-pyrrole nitrogens is 1. The minimum atomic E-state index is 0.0359. The maximum Gasteiger partial charge on any atom is 0.234 e. The fourth-order valence-electron chi connectivity index (χ4n) is 1.10. The highest BCUT2D eigenvalue weighted by Crippen LogP contribution is 2.14. The van der Waals surface area contributed by atoms with Crippen molar-refractivity contribution in [2.24, 2.45) is 0 Å². The molecule has 0 aliphatic rings. The number of aromatic nitrogens is 5. The van der Waals surface area contributed by atoms with Crippen molar-refractivity contribution in [3.05, 3.63) is 22.3 Å². The van der Waals surface area contributed by atoms with Crippen molar-refractivity contribution in [2.75, 3.05) is 5.32 Å². The van der Waals surface area contributed by atoms with Crippen LogP contribution in [0.2, 0.25) is 10.6 Å². The van der Waals surface area contributed by atoms with Gasteiger partial charge in [0, 0.05) is 11.8 Å². The summed E-state index contributed by atoms with van der Waals surface area (Å²) in [6.45, 7) is 2.02. The highest BCUT2D eigenvalue weighted by atomic mass is 35.5. The number of aromatic amines is 1. The Labute approximate surface area is 101 Å². The summed E-state index contributed by atoms with van der Waals surface area (Å²) in [6.07, 6.45) is 0.868. The monoisotopic (exact) mass is 258 g/mol. The predicted octanol–water partition coefficient (Wildman–Crippen LogP) is 2.21. The molecule has 2 heterocycles. The SMILES string of the molecule is CCc1cc(Nc2nc(Cl)nc(Cl)n2)n[nH]1. The minimum Gasteiger partial charge on any atom is -0.307 e. The molecule has 0 aliphatic carbocycles. The van der Waals surface area contributed by atoms with Gasteiger partial charge < -0.3 is 5.32 Å². The van der Waals surface area contributed by atoms with Crippen LogP contribution in [0.15, 0.2) is 6.07 Å². The second-order valence-electron chi connectivity index (χ2n) is 2.95. The lowest BCUT2D eigenvalue weighted by atomic mass is 10.3. The van der Waals surface area contributed by atoms with Crippen molar-refractivity contribution in [3.8, 4) is 0 Å². The van der Waals surface area contributed by atoms with E-state index in [1.165, 1.54) is 0 Å². The van der Waals surface area contributed by atoms with E-state index in [9.17, 15) is 0 Å². The Bertz CT molecular complexity index is 477. The molecule has 0 bridgehead atoms. The summed E-state index contributed by atoms with van der Waals surface area (Å²) < 4.78 is 0. The van der Waals surface area contributed by atoms with Gasteiger partial charge in [-0.05, 0) is 29.6 Å². The largest absolute Gasteiger partial charge is 0.307 e. The number of anilines is 2. The summed E-state index contributed by atoms with van der Waals surface area (Å²) in [4.78, 5) is 11.4. The number of nitrogens with one attached hydrogen (secondary N) is 2. The smallest absolute Gasteiger partial charge is 0.234 e. The molecule has 0 amide bonds. The molecule has 0 aliphatic heterocycles. The van der Waals surface area contributed by atoms with Crippen molar-refractivity contribution < 1.29 is 0 Å². The third-order valence-electron chi connectivity index (χ3n) is 1.83. The predicted molar refractivity (Wildman–Crippen MR) is 61.1 cm³/mol. The summed E-state index contributed by atoms with van der Waals surface area (Å²) in [5.41, 5.74) is 1.01. The fourth-order valence-corrected chi connectivity index (χ4v) is 1.47. The second kappa shape index (κ2) is 4.63. The van der Waals surface area contributed by atoms with Gasteiger partial charge in [0.2, 0.25) is 16.5 Å². The molecule has 0 aromatic carbocycles. The number of rotatable bonds is 3. The Morgan fingerprint density at radius 3 is 2.50 bits per heavy atom. The lowest BCUT2D eigenvalue weighted by molar-refractivity contribution is 0.973. The van der Waals surface area contributed by atoms with Gasteiger partial charge in [-0.1, -0.05) is 6.92 Å². The maximum atomic E-state index is 5.63. The summed E-state index contributed by atoms with van der Waals surface area (Å²) in [5.74, 6) is 0.870. The first-order chi connectivity index (χ1) is 7.67. The molecule has 0 atom stereocenters. The molecule has 16 heavy (non-hydrogen) atoms. The molecule has 2 aromatic rings. The standard InChI is InChI=1S/C8H8Cl2N6/c1-2-4-3-5(16-15-4)11-8-13-6(9)12-7(10)14-8/h3H,2H2,1H3,(H2,11,12,13,14,15,16). The van der Waals surface area contributed by atoms with E-state index >= 15 is 0 Å². The van der Waals surface area contributed by atoms with Crippen LogP contribution in [0.25, 0.3) is 0 Å². The Morgan fingerprint density at radius 2 is 1.94 bits per heavy atom. The van der Waals surface area contributed by atoms with Crippen molar-refractivity contribution in [3.63, 3.8) is 0 Å². The molecule has 6 nitrogen and oxygen atoms in total. The van der Waals surface area contributed by atoms with Crippen LogP contribution in [-0.2, 0) is 6.42 Å². The summed E-state index contributed by atoms with van der Waals surface area (Å²) in [7, 11) is 0. The third-order valence-corrected chi connectivity index (χ3v) is 2.17. The number of hydrogen-bond acceptors (Lipinski definition) is 5. The van der Waals surface area contributed by atoms with E-state index in [2.05, 4.69) is 30.5 Å². The van der Waals surface area contributed by atoms with Gasteiger partial charge in [-0.15, -0.1) is 0 Å². The third kappa shape index (κ3) is 2.59. The molecule has 8 heteroatoms. The molecule has 0 unspecified atom stereocenters. The molecule has 0 saturated heterocycles. The normalized spacial score (nSPS) is 10.4. The van der Waals surface area contributed by atoms with E-state index in [1.807, 2.05) is 13.0 Å². The van der Waals surface area contributed by atoms with Gasteiger partial charge in [-0.25, -0.2) is 0 Å². The fraction of sp³-hybridized carbons (Fsp3) is 0.250. The van der Waals surface area contributed by atoms with E-state index in [0.29, 0.717) is 5.82 Å². The zero-order valence-corrected chi connectivity index (χ0v) is 9.84. The van der Waals surface area contributed by atoms with Gasteiger partial charge in [0.15, 0.2) is 5.82 Å². The van der Waals surface area contributed by atoms with Crippen LogP contribution >= 0.6 is 23.2 Å². The van der Waals surface area contributed by atoms with Crippen LogP contribution in [0.3, 0.4) is 0 Å². The number of halogens is 2. The molecule has 0 fully saturated rings. The van der Waals surface area contributed by atoms with E-state index in [0.717, 1.165) is 12.1 Å². The first-order valence-electron chi connectivity index (χ1n) is 4.55. The topological polar surface area (TPSA) is 79.4 Å². The number of aryl methyl sites for hydroxylation is 1. The van der Waals surface area contributed by atoms with E-state index in [4.69, 9.17) is 23.2 Å². The van der Waals surface area contributed by atoms with Crippen molar-refractivity contribution >= 4 is 35.0 Å². The molecule has 0 spiro atoms. The molecule has 2 aromatic heterocycles. The van der Waals surface area contributed by atoms with Gasteiger partial charge >= 0.3 is 0 Å². The molecular formula is C8H8Cl2N6. The molecule has 0 saturated carbocycles. The van der Waals surface area contributed by atoms with Gasteiger partial charge in [0.25, 0.3) is 0 Å². The summed E-state index contributed by atoms with van der Waals surface area (Å²) in [6, 6.07) is 1.85. The highest BCUT2D eigenvalue weighted by Gasteiger charge is 2.05. The number of hydrogen-bond donors (Lipinski definition) is 2. The van der Waals surface area contributed by atoms with Crippen LogP contribution in [0.5, 0.6) is 0 Å². The van der Waals surface area contributed by atoms with E-state index in [1.54, 1.807) is 0 Å². The number of nitrogens with zero attached hydrogens (tertiary/aromatic N) is 4. The van der Waals surface area contributed by atoms with E-state index < -0.39 is 0 Å². The Hall–Kier alpha value is -1.40. The van der Waals surface area contributed by atoms with Crippen LogP contribution in [0.1, 0.15) is 12.6 Å². The van der Waals surface area contributed by atoms with Gasteiger partial charge in [0.1, 0.15) is 0 Å². The van der Waals surface area contributed by atoms with Crippen LogP contribution in [0.4, 0.5) is 11.8 Å². The van der Waals surface area contributed by atoms with Crippen molar-refractivity contribution in [1.82, 2.24) is 25.1 Å². The van der Waals surface area contributed by atoms with Crippen LogP contribution in [0, 0.1) is 0 Å².